The van der Waals surface area contributed by atoms with Gasteiger partial charge in [0.2, 0.25) is 0 Å². The Hall–Kier alpha value is 0.579. The number of rotatable bonds is 1. The average molecular weight is 198 g/mol. The molecule has 0 aliphatic carbocycles. The number of hydrogen-bond donors (Lipinski definition) is 1. The fourth-order valence-corrected chi connectivity index (χ4v) is 0. The topological polar surface area (TPSA) is 23.9 Å². The molecule has 0 aliphatic heterocycles. The zero-order chi connectivity index (χ0) is 4.28. The monoisotopic (exact) mass is 200 g/mol. The van der Waals surface area contributed by atoms with E-state index in [-0.39, 0.29) is 0 Å². The molecule has 0 heterocycles. The molecule has 0 fully saturated rings. The number of hydrogen-bond acceptors (Lipinski definition) is 1. The SMILES string of the molecule is N=C([Se])C=[Se]. The van der Waals surface area contributed by atoms with Crippen molar-refractivity contribution in [1.29, 1.82) is 5.41 Å². The molecule has 27 valence electrons. The summed E-state index contributed by atoms with van der Waals surface area (Å²) in [5.41, 5.74) is 0. The van der Waals surface area contributed by atoms with Crippen LogP contribution in [0.4, 0.5) is 0 Å². The van der Waals surface area contributed by atoms with Crippen molar-refractivity contribution in [3.05, 3.63) is 0 Å². The maximum atomic E-state index is 6.60. The first kappa shape index (κ1) is 5.58. The van der Waals surface area contributed by atoms with E-state index in [9.17, 15) is 0 Å². The van der Waals surface area contributed by atoms with Gasteiger partial charge in [0.15, 0.2) is 0 Å². The minimum absolute atomic E-state index is 0.449. The van der Waals surface area contributed by atoms with Gasteiger partial charge >= 0.3 is 46.5 Å². The van der Waals surface area contributed by atoms with Gasteiger partial charge in [-0.2, -0.15) is 0 Å². The molecule has 0 aromatic heterocycles. The molecule has 0 unspecified atom stereocenters. The summed E-state index contributed by atoms with van der Waals surface area (Å²) in [5, 5.41) is 6.60. The van der Waals surface area contributed by atoms with Crippen LogP contribution in [-0.2, 0) is 0 Å². The van der Waals surface area contributed by atoms with Crippen molar-refractivity contribution in [1.82, 2.24) is 0 Å². The van der Waals surface area contributed by atoms with Gasteiger partial charge in [-0.25, -0.2) is 0 Å². The van der Waals surface area contributed by atoms with Gasteiger partial charge in [0, 0.05) is 0 Å². The van der Waals surface area contributed by atoms with Gasteiger partial charge in [0.1, 0.15) is 0 Å². The molecule has 1 N–H and O–H groups in total. The van der Waals surface area contributed by atoms with E-state index in [0.717, 1.165) is 0 Å². The predicted molar refractivity (Wildman–Crippen MR) is 25.3 cm³/mol. The molecule has 1 radical (unpaired) electrons. The Morgan fingerprint density at radius 1 is 1.80 bits per heavy atom. The number of nitrogens with one attached hydrogen (secondary N) is 1. The zero-order valence-electron chi connectivity index (χ0n) is 2.39. The average Bonchev–Trinajstić information content (AvgIpc) is 1.38. The van der Waals surface area contributed by atoms with Crippen molar-refractivity contribution in [3.63, 3.8) is 0 Å². The molecule has 1 nitrogen and oxygen atoms in total. The van der Waals surface area contributed by atoms with Crippen LogP contribution >= 0.6 is 0 Å². The van der Waals surface area contributed by atoms with E-state index in [1.165, 1.54) is 0 Å². The Labute approximate surface area is 46.8 Å². The molecular formula is C2H2NSe2. The first-order valence-electron chi connectivity index (χ1n) is 0.979. The molecule has 0 rings (SSSR count). The molecule has 0 bridgehead atoms. The van der Waals surface area contributed by atoms with Crippen molar-refractivity contribution >= 4 is 41.1 Å². The van der Waals surface area contributed by atoms with Crippen LogP contribution in [0.1, 0.15) is 0 Å². The van der Waals surface area contributed by atoms with Crippen LogP contribution in [0.2, 0.25) is 0 Å². The Morgan fingerprint density at radius 3 is 2.00 bits per heavy atom. The third-order valence-corrected chi connectivity index (χ3v) is 1.61. The van der Waals surface area contributed by atoms with Gasteiger partial charge in [-0.1, -0.05) is 0 Å². The zero-order valence-corrected chi connectivity index (χ0v) is 5.82. The van der Waals surface area contributed by atoms with E-state index < -0.39 is 0 Å². The molecule has 0 amide bonds. The Kier molecular flexibility index (Phi) is 3.12. The first-order chi connectivity index (χ1) is 2.27. The molecule has 0 aromatic rings. The summed E-state index contributed by atoms with van der Waals surface area (Å²) < 4.78 is 0.449. The second kappa shape index (κ2) is 2.80. The van der Waals surface area contributed by atoms with Gasteiger partial charge in [-0.3, -0.25) is 0 Å². The molecule has 3 heteroatoms. The molecule has 0 saturated carbocycles. The van der Waals surface area contributed by atoms with Crippen LogP contribution < -0.4 is 0 Å². The van der Waals surface area contributed by atoms with E-state index in [0.29, 0.717) is 4.61 Å². The Morgan fingerprint density at radius 2 is 2.00 bits per heavy atom. The Bertz CT molecular complexity index is 58.7. The van der Waals surface area contributed by atoms with Crippen LogP contribution in [0.3, 0.4) is 0 Å². The van der Waals surface area contributed by atoms with Gasteiger partial charge in [-0.15, -0.1) is 0 Å². The molecular weight excluding hydrogens is 196 g/mol. The molecule has 5 heavy (non-hydrogen) atoms. The van der Waals surface area contributed by atoms with Crippen molar-refractivity contribution in [3.8, 4) is 0 Å². The van der Waals surface area contributed by atoms with Gasteiger partial charge in [0.05, 0.1) is 0 Å². The molecule has 0 atom stereocenters. The molecule has 0 spiro atoms. The quantitative estimate of drug-likeness (QED) is 0.417. The van der Waals surface area contributed by atoms with E-state index in [2.05, 4.69) is 31.6 Å². The van der Waals surface area contributed by atoms with Crippen molar-refractivity contribution in [2.45, 2.75) is 0 Å². The van der Waals surface area contributed by atoms with Gasteiger partial charge in [0.25, 0.3) is 0 Å². The van der Waals surface area contributed by atoms with Crippen LogP contribution in [0, 0.1) is 5.41 Å². The summed E-state index contributed by atoms with van der Waals surface area (Å²) in [4.78, 5) is 1.57. The second-order valence-electron chi connectivity index (χ2n) is 0.482. The maximum absolute atomic E-state index is 6.60. The molecule has 0 aromatic carbocycles. The second-order valence-corrected chi connectivity index (χ2v) is 1.90. The summed E-state index contributed by atoms with van der Waals surface area (Å²) >= 11 is 5.05. The summed E-state index contributed by atoms with van der Waals surface area (Å²) in [6.45, 7) is 0. The third kappa shape index (κ3) is 4.58. The van der Waals surface area contributed by atoms with Crippen LogP contribution in [0.5, 0.6) is 0 Å². The van der Waals surface area contributed by atoms with Crippen LogP contribution in [-0.4, -0.2) is 41.1 Å². The molecule has 0 saturated heterocycles. The van der Waals surface area contributed by atoms with E-state index in [1.54, 1.807) is 4.92 Å². The van der Waals surface area contributed by atoms with Crippen LogP contribution in [0.25, 0.3) is 0 Å². The fraction of sp³-hybridized carbons (Fsp3) is 0. The van der Waals surface area contributed by atoms with E-state index >= 15 is 0 Å². The van der Waals surface area contributed by atoms with Gasteiger partial charge in [-0.05, 0) is 0 Å². The van der Waals surface area contributed by atoms with Crippen molar-refractivity contribution in [2.24, 2.45) is 0 Å². The van der Waals surface area contributed by atoms with E-state index in [1.807, 2.05) is 0 Å². The van der Waals surface area contributed by atoms with Crippen LogP contribution in [0.15, 0.2) is 0 Å². The van der Waals surface area contributed by atoms with Crippen molar-refractivity contribution < 1.29 is 0 Å². The Balaban J connectivity index is 3.20. The normalized spacial score (nSPS) is 6.40. The van der Waals surface area contributed by atoms with Crippen molar-refractivity contribution in [2.75, 3.05) is 0 Å². The summed E-state index contributed by atoms with van der Waals surface area (Å²) in [7, 11) is 0. The van der Waals surface area contributed by atoms with Gasteiger partial charge < -0.3 is 0 Å². The summed E-state index contributed by atoms with van der Waals surface area (Å²) in [6, 6.07) is 0. The minimum atomic E-state index is 0.449. The van der Waals surface area contributed by atoms with E-state index in [4.69, 9.17) is 5.41 Å². The first-order valence-corrected chi connectivity index (χ1v) is 2.82. The fourth-order valence-electron chi connectivity index (χ4n) is 0. The standard InChI is InChI=1S/C2H2NSe2/c3-2(5)1-4/h1,3H. The predicted octanol–water partition coefficient (Wildman–Crippen LogP) is -0.897. The molecule has 0 aliphatic rings. The third-order valence-electron chi connectivity index (χ3n) is 0.107. The summed E-state index contributed by atoms with van der Waals surface area (Å²) in [5.74, 6) is 0. The summed E-state index contributed by atoms with van der Waals surface area (Å²) in [6.07, 6.45) is 0.